The van der Waals surface area contributed by atoms with Gasteiger partial charge in [0.2, 0.25) is 0 Å². The summed E-state index contributed by atoms with van der Waals surface area (Å²) in [5.74, 6) is -0.602. The van der Waals surface area contributed by atoms with E-state index in [4.69, 9.17) is 9.47 Å². The molecule has 0 unspecified atom stereocenters. The number of ether oxygens (including phenoxy) is 2. The molecular weight excluding hydrogens is 378 g/mol. The number of morpholine rings is 1. The Bertz CT molecular complexity index is 890. The zero-order chi connectivity index (χ0) is 19.5. The normalized spacial score (nSPS) is 19.1. The van der Waals surface area contributed by atoms with Crippen LogP contribution in [0, 0.1) is 0 Å². The van der Waals surface area contributed by atoms with Gasteiger partial charge in [0.1, 0.15) is 6.04 Å². The van der Waals surface area contributed by atoms with Crippen molar-refractivity contribution < 1.29 is 19.1 Å². The number of anilines is 1. The number of nitrogens with zero attached hydrogens (tertiary/aromatic N) is 3. The third-order valence-electron chi connectivity index (χ3n) is 4.85. The molecule has 0 saturated carbocycles. The van der Waals surface area contributed by atoms with E-state index in [1.165, 1.54) is 23.3 Å². The number of carbonyl (C=O) groups is 2. The Morgan fingerprint density at radius 3 is 2.86 bits per heavy atom. The highest BCUT2D eigenvalue weighted by Crippen LogP contribution is 2.40. The molecule has 1 atom stereocenters. The molecule has 1 fully saturated rings. The largest absolute Gasteiger partial charge is 0.467 e. The molecule has 146 valence electrons. The van der Waals surface area contributed by atoms with Crippen molar-refractivity contribution in [2.24, 2.45) is 0 Å². The van der Waals surface area contributed by atoms with Crippen molar-refractivity contribution in [1.82, 2.24) is 9.88 Å². The van der Waals surface area contributed by atoms with E-state index in [9.17, 15) is 9.59 Å². The van der Waals surface area contributed by atoms with E-state index >= 15 is 0 Å². The molecule has 8 heteroatoms. The first-order chi connectivity index (χ1) is 13.7. The highest BCUT2D eigenvalue weighted by molar-refractivity contribution is 7.18. The van der Waals surface area contributed by atoms with Crippen LogP contribution >= 0.6 is 11.3 Å². The van der Waals surface area contributed by atoms with Crippen LogP contribution in [-0.2, 0) is 14.3 Å². The topological polar surface area (TPSA) is 72.0 Å². The van der Waals surface area contributed by atoms with Crippen LogP contribution in [0.4, 0.5) is 5.00 Å². The molecule has 0 aromatic carbocycles. The smallest absolute Gasteiger partial charge is 0.332 e. The number of pyridine rings is 1. The van der Waals surface area contributed by atoms with Crippen LogP contribution in [0.15, 0.2) is 42.7 Å². The number of methoxy groups -OCH3 is 1. The Labute approximate surface area is 167 Å². The van der Waals surface area contributed by atoms with Crippen LogP contribution in [0.5, 0.6) is 0 Å². The molecule has 0 bridgehead atoms. The van der Waals surface area contributed by atoms with Gasteiger partial charge in [-0.05, 0) is 12.1 Å². The van der Waals surface area contributed by atoms with E-state index in [2.05, 4.69) is 9.88 Å². The summed E-state index contributed by atoms with van der Waals surface area (Å²) in [6.45, 7) is 3.27. The zero-order valence-electron chi connectivity index (χ0n) is 15.5. The van der Waals surface area contributed by atoms with Crippen molar-refractivity contribution >= 4 is 28.2 Å². The lowest BCUT2D eigenvalue weighted by atomic mass is 10.1. The van der Waals surface area contributed by atoms with Gasteiger partial charge in [0.25, 0.3) is 5.91 Å². The summed E-state index contributed by atoms with van der Waals surface area (Å²) in [4.78, 5) is 33.8. The van der Waals surface area contributed by atoms with Gasteiger partial charge in [-0.25, -0.2) is 4.79 Å². The highest BCUT2D eigenvalue weighted by atomic mass is 32.1. The Balaban J connectivity index is 1.69. The minimum Gasteiger partial charge on any atom is -0.467 e. The number of esters is 1. The van der Waals surface area contributed by atoms with Gasteiger partial charge in [-0.3, -0.25) is 9.78 Å². The molecule has 0 N–H and O–H groups in total. The average molecular weight is 399 g/mol. The third-order valence-corrected chi connectivity index (χ3v) is 6.04. The molecular formula is C20H21N3O4S. The SMILES string of the molecule is COC(=O)[C@H]1C=CCN1C(=O)c1cc(-c2cccnc2)c(N2CCOCC2)s1. The molecule has 2 aromatic heterocycles. The van der Waals surface area contributed by atoms with E-state index in [-0.39, 0.29) is 5.91 Å². The predicted octanol–water partition coefficient (Wildman–Crippen LogP) is 2.20. The summed E-state index contributed by atoms with van der Waals surface area (Å²) >= 11 is 1.45. The number of thiophene rings is 1. The van der Waals surface area contributed by atoms with Crippen molar-refractivity contribution in [3.63, 3.8) is 0 Å². The van der Waals surface area contributed by atoms with Crippen molar-refractivity contribution in [2.45, 2.75) is 6.04 Å². The Kier molecular flexibility index (Phi) is 5.40. The van der Waals surface area contributed by atoms with E-state index in [0.717, 1.165) is 29.2 Å². The van der Waals surface area contributed by atoms with Gasteiger partial charge >= 0.3 is 5.97 Å². The van der Waals surface area contributed by atoms with Crippen LogP contribution < -0.4 is 4.90 Å². The van der Waals surface area contributed by atoms with Crippen molar-refractivity contribution in [2.75, 3.05) is 44.9 Å². The van der Waals surface area contributed by atoms with Gasteiger partial charge in [-0.15, -0.1) is 11.3 Å². The fraction of sp³-hybridized carbons (Fsp3) is 0.350. The monoisotopic (exact) mass is 399 g/mol. The van der Waals surface area contributed by atoms with E-state index in [0.29, 0.717) is 24.6 Å². The summed E-state index contributed by atoms with van der Waals surface area (Å²) in [6, 6.07) is 5.10. The number of hydrogen-bond donors (Lipinski definition) is 0. The molecule has 0 radical (unpaired) electrons. The van der Waals surface area contributed by atoms with Gasteiger partial charge in [-0.2, -0.15) is 0 Å². The van der Waals surface area contributed by atoms with Gasteiger partial charge in [-0.1, -0.05) is 18.2 Å². The lowest BCUT2D eigenvalue weighted by Crippen LogP contribution is -2.41. The Morgan fingerprint density at radius 1 is 1.32 bits per heavy atom. The molecule has 2 aromatic rings. The minimum atomic E-state index is -0.673. The van der Waals surface area contributed by atoms with Crippen LogP contribution in [0.25, 0.3) is 11.1 Å². The quantitative estimate of drug-likeness (QED) is 0.580. The zero-order valence-corrected chi connectivity index (χ0v) is 16.4. The molecule has 4 rings (SSSR count). The number of carbonyl (C=O) groups excluding carboxylic acids is 2. The lowest BCUT2D eigenvalue weighted by molar-refractivity contribution is -0.143. The van der Waals surface area contributed by atoms with Gasteiger partial charge in [0, 0.05) is 43.2 Å². The van der Waals surface area contributed by atoms with Crippen molar-refractivity contribution in [3.8, 4) is 11.1 Å². The number of aromatic nitrogens is 1. The fourth-order valence-corrected chi connectivity index (χ4v) is 4.60. The molecule has 1 saturated heterocycles. The summed E-state index contributed by atoms with van der Waals surface area (Å²) in [5.41, 5.74) is 1.94. The van der Waals surface area contributed by atoms with Crippen LogP contribution in [0.3, 0.4) is 0 Å². The van der Waals surface area contributed by atoms with E-state index < -0.39 is 12.0 Å². The third kappa shape index (κ3) is 3.53. The summed E-state index contributed by atoms with van der Waals surface area (Å²) in [5, 5.41) is 1.03. The Hall–Kier alpha value is -2.71. The lowest BCUT2D eigenvalue weighted by Gasteiger charge is -2.28. The van der Waals surface area contributed by atoms with Crippen LogP contribution in [0.1, 0.15) is 9.67 Å². The van der Waals surface area contributed by atoms with Crippen molar-refractivity contribution in [1.29, 1.82) is 0 Å². The van der Waals surface area contributed by atoms with Gasteiger partial charge in [0.05, 0.1) is 30.2 Å². The summed E-state index contributed by atoms with van der Waals surface area (Å²) in [7, 11) is 1.33. The summed E-state index contributed by atoms with van der Waals surface area (Å²) < 4.78 is 10.3. The average Bonchev–Trinajstić information content (AvgIpc) is 3.42. The number of amides is 1. The summed E-state index contributed by atoms with van der Waals surface area (Å²) in [6.07, 6.45) is 7.06. The van der Waals surface area contributed by atoms with E-state index in [1.54, 1.807) is 18.5 Å². The van der Waals surface area contributed by atoms with Crippen molar-refractivity contribution in [3.05, 3.63) is 47.6 Å². The first-order valence-electron chi connectivity index (χ1n) is 9.11. The molecule has 0 spiro atoms. The molecule has 2 aliphatic rings. The molecule has 28 heavy (non-hydrogen) atoms. The maximum absolute atomic E-state index is 13.2. The second-order valence-electron chi connectivity index (χ2n) is 6.52. The maximum Gasteiger partial charge on any atom is 0.332 e. The first kappa shape index (κ1) is 18.6. The molecule has 1 amide bonds. The van der Waals surface area contributed by atoms with Gasteiger partial charge in [0.15, 0.2) is 0 Å². The molecule has 4 heterocycles. The number of rotatable bonds is 4. The van der Waals surface area contributed by atoms with Crippen LogP contribution in [0.2, 0.25) is 0 Å². The molecule has 7 nitrogen and oxygen atoms in total. The second-order valence-corrected chi connectivity index (χ2v) is 7.55. The standard InChI is InChI=1S/C20H21N3O4S/c1-26-20(25)16-5-3-7-23(16)18(24)17-12-15(14-4-2-6-21-13-14)19(28-17)22-8-10-27-11-9-22/h2-6,12-13,16H,7-11H2,1H3/t16-/m1/s1. The predicted molar refractivity (Wildman–Crippen MR) is 107 cm³/mol. The molecule has 0 aliphatic carbocycles. The van der Waals surface area contributed by atoms with E-state index in [1.807, 2.05) is 24.3 Å². The second kappa shape index (κ2) is 8.12. The van der Waals surface area contributed by atoms with Crippen LogP contribution in [-0.4, -0.2) is 67.8 Å². The maximum atomic E-state index is 13.2. The molecule has 2 aliphatic heterocycles. The first-order valence-corrected chi connectivity index (χ1v) is 9.93. The van der Waals surface area contributed by atoms with Gasteiger partial charge < -0.3 is 19.3 Å². The Morgan fingerprint density at radius 2 is 2.14 bits per heavy atom. The highest BCUT2D eigenvalue weighted by Gasteiger charge is 2.33. The minimum absolute atomic E-state index is 0.171. The fourth-order valence-electron chi connectivity index (χ4n) is 3.42. The number of hydrogen-bond acceptors (Lipinski definition) is 7.